The van der Waals surface area contributed by atoms with E-state index in [-0.39, 0.29) is 5.54 Å². The summed E-state index contributed by atoms with van der Waals surface area (Å²) in [6.07, 6.45) is 9.15. The van der Waals surface area contributed by atoms with Gasteiger partial charge in [-0.15, -0.1) is 12.3 Å². The van der Waals surface area contributed by atoms with Crippen molar-refractivity contribution in [1.29, 1.82) is 0 Å². The van der Waals surface area contributed by atoms with Gasteiger partial charge in [0.25, 0.3) is 0 Å². The number of hydrogen-bond acceptors (Lipinski definition) is 3. The highest BCUT2D eigenvalue weighted by molar-refractivity contribution is 4.92. The van der Waals surface area contributed by atoms with Crippen LogP contribution < -0.4 is 11.1 Å². The van der Waals surface area contributed by atoms with E-state index in [9.17, 15) is 0 Å². The van der Waals surface area contributed by atoms with Gasteiger partial charge in [-0.05, 0) is 19.3 Å². The van der Waals surface area contributed by atoms with Crippen LogP contribution in [0.1, 0.15) is 25.7 Å². The zero-order valence-electron chi connectivity index (χ0n) is 8.72. The molecule has 14 heavy (non-hydrogen) atoms. The average molecular weight is 196 g/mol. The highest BCUT2D eigenvalue weighted by Gasteiger charge is 2.28. The molecule has 1 fully saturated rings. The van der Waals surface area contributed by atoms with Gasteiger partial charge in [-0.25, -0.2) is 0 Å². The van der Waals surface area contributed by atoms with Gasteiger partial charge in [0.15, 0.2) is 0 Å². The molecule has 0 amide bonds. The van der Waals surface area contributed by atoms with Crippen molar-refractivity contribution in [2.45, 2.75) is 31.2 Å². The summed E-state index contributed by atoms with van der Waals surface area (Å²) in [4.78, 5) is 0. The summed E-state index contributed by atoms with van der Waals surface area (Å²) in [5.41, 5.74) is 5.88. The van der Waals surface area contributed by atoms with Crippen molar-refractivity contribution >= 4 is 0 Å². The summed E-state index contributed by atoms with van der Waals surface area (Å²) in [5.74, 6) is 2.63. The quantitative estimate of drug-likeness (QED) is 0.508. The van der Waals surface area contributed by atoms with Gasteiger partial charge in [-0.2, -0.15) is 0 Å². The Morgan fingerprint density at radius 3 is 3.00 bits per heavy atom. The second-order valence-electron chi connectivity index (χ2n) is 3.83. The number of hydrogen-bond donors (Lipinski definition) is 2. The third-order valence-electron chi connectivity index (χ3n) is 2.83. The Bertz CT molecular complexity index is 190. The fraction of sp³-hybridized carbons (Fsp3) is 0.818. The van der Waals surface area contributed by atoms with Crippen molar-refractivity contribution in [3.05, 3.63) is 0 Å². The molecular formula is C11H20N2O. The van der Waals surface area contributed by atoms with Crippen LogP contribution in [0.2, 0.25) is 0 Å². The van der Waals surface area contributed by atoms with E-state index >= 15 is 0 Å². The molecule has 0 saturated carbocycles. The maximum Gasteiger partial charge on any atom is 0.0484 e. The summed E-state index contributed by atoms with van der Waals surface area (Å²) >= 11 is 0. The Labute approximate surface area is 86.4 Å². The van der Waals surface area contributed by atoms with Gasteiger partial charge < -0.3 is 15.8 Å². The Morgan fingerprint density at radius 2 is 2.29 bits per heavy atom. The third kappa shape index (κ3) is 3.30. The minimum Gasteiger partial charge on any atom is -0.381 e. The Kier molecular flexibility index (Phi) is 4.95. The van der Waals surface area contributed by atoms with Gasteiger partial charge in [-0.3, -0.25) is 0 Å². The van der Waals surface area contributed by atoms with E-state index in [1.54, 1.807) is 0 Å². The minimum atomic E-state index is 0.0628. The van der Waals surface area contributed by atoms with Crippen molar-refractivity contribution < 1.29 is 4.74 Å². The molecule has 1 saturated heterocycles. The van der Waals surface area contributed by atoms with Crippen LogP contribution in [-0.2, 0) is 4.74 Å². The summed E-state index contributed by atoms with van der Waals surface area (Å²) < 4.78 is 5.42. The van der Waals surface area contributed by atoms with Gasteiger partial charge in [0.05, 0.1) is 0 Å². The summed E-state index contributed by atoms with van der Waals surface area (Å²) in [5, 5.41) is 3.48. The molecule has 0 bridgehead atoms. The fourth-order valence-electron chi connectivity index (χ4n) is 1.86. The second-order valence-corrected chi connectivity index (χ2v) is 3.83. The van der Waals surface area contributed by atoms with E-state index < -0.39 is 0 Å². The van der Waals surface area contributed by atoms with Crippen molar-refractivity contribution in [3.8, 4) is 12.3 Å². The minimum absolute atomic E-state index is 0.0628. The molecule has 0 aromatic carbocycles. The van der Waals surface area contributed by atoms with Crippen LogP contribution in [0, 0.1) is 12.3 Å². The van der Waals surface area contributed by atoms with E-state index in [0.29, 0.717) is 6.54 Å². The molecule has 1 heterocycles. The fourth-order valence-corrected chi connectivity index (χ4v) is 1.86. The maximum absolute atomic E-state index is 5.82. The van der Waals surface area contributed by atoms with Crippen molar-refractivity contribution in [3.63, 3.8) is 0 Å². The molecule has 3 N–H and O–H groups in total. The van der Waals surface area contributed by atoms with Crippen LogP contribution in [-0.4, -0.2) is 31.8 Å². The molecule has 0 radical (unpaired) electrons. The van der Waals surface area contributed by atoms with Crippen molar-refractivity contribution in [1.82, 2.24) is 5.32 Å². The number of nitrogens with two attached hydrogens (primary N) is 1. The number of ether oxygens (including phenoxy) is 1. The first-order valence-corrected chi connectivity index (χ1v) is 5.29. The molecule has 0 spiro atoms. The predicted octanol–water partition coefficient (Wildman–Crippen LogP) is 0.497. The van der Waals surface area contributed by atoms with Crippen molar-refractivity contribution in [2.24, 2.45) is 5.73 Å². The molecule has 0 aliphatic carbocycles. The number of terminal acetylenes is 1. The van der Waals surface area contributed by atoms with Crippen LogP contribution in [0.3, 0.4) is 0 Å². The average Bonchev–Trinajstić information content (AvgIpc) is 2.45. The lowest BCUT2D eigenvalue weighted by molar-refractivity contribution is 0.137. The van der Waals surface area contributed by atoms with Crippen LogP contribution in [0.4, 0.5) is 0 Å². The smallest absolute Gasteiger partial charge is 0.0484 e. The Morgan fingerprint density at radius 1 is 1.43 bits per heavy atom. The molecule has 1 unspecified atom stereocenters. The molecule has 1 aliphatic heterocycles. The molecule has 3 nitrogen and oxygen atoms in total. The molecule has 3 heteroatoms. The lowest BCUT2D eigenvalue weighted by Crippen LogP contribution is -2.51. The second kappa shape index (κ2) is 6.02. The first-order chi connectivity index (χ1) is 6.83. The third-order valence-corrected chi connectivity index (χ3v) is 2.83. The highest BCUT2D eigenvalue weighted by Crippen LogP contribution is 2.19. The molecule has 1 aliphatic rings. The van der Waals surface area contributed by atoms with E-state index in [0.717, 1.165) is 45.4 Å². The molecule has 80 valence electrons. The monoisotopic (exact) mass is 196 g/mol. The van der Waals surface area contributed by atoms with E-state index in [2.05, 4.69) is 11.2 Å². The standard InChI is InChI=1S/C11H20N2O/c1-2-3-7-13-11(10-12)5-4-8-14-9-6-11/h1,13H,3-10,12H2. The number of rotatable bonds is 4. The molecular weight excluding hydrogens is 176 g/mol. The normalized spacial score (nSPS) is 28.0. The summed E-state index contributed by atoms with van der Waals surface area (Å²) in [6.45, 7) is 3.19. The predicted molar refractivity (Wildman–Crippen MR) is 57.9 cm³/mol. The SMILES string of the molecule is C#CCCNC1(CN)CCCOCC1. The van der Waals surface area contributed by atoms with Gasteiger partial charge in [0.2, 0.25) is 0 Å². The van der Waals surface area contributed by atoms with Gasteiger partial charge >= 0.3 is 0 Å². The van der Waals surface area contributed by atoms with Crippen molar-refractivity contribution in [2.75, 3.05) is 26.3 Å². The maximum atomic E-state index is 5.82. The van der Waals surface area contributed by atoms with Gasteiger partial charge in [-0.1, -0.05) is 0 Å². The Hall–Kier alpha value is -0.560. The van der Waals surface area contributed by atoms with Crippen LogP contribution in [0.5, 0.6) is 0 Å². The van der Waals surface area contributed by atoms with E-state index in [1.165, 1.54) is 0 Å². The molecule has 1 rings (SSSR count). The molecule has 1 atom stereocenters. The lowest BCUT2D eigenvalue weighted by atomic mass is 9.90. The Balaban J connectivity index is 2.41. The summed E-state index contributed by atoms with van der Waals surface area (Å²) in [6, 6.07) is 0. The van der Waals surface area contributed by atoms with Gasteiger partial charge in [0, 0.05) is 38.3 Å². The lowest BCUT2D eigenvalue weighted by Gasteiger charge is -2.32. The zero-order chi connectivity index (χ0) is 10.3. The largest absolute Gasteiger partial charge is 0.381 e. The molecule has 0 aromatic heterocycles. The van der Waals surface area contributed by atoms with Crippen LogP contribution in [0.25, 0.3) is 0 Å². The van der Waals surface area contributed by atoms with E-state index in [1.807, 2.05) is 0 Å². The van der Waals surface area contributed by atoms with Gasteiger partial charge in [0.1, 0.15) is 0 Å². The highest BCUT2D eigenvalue weighted by atomic mass is 16.5. The first kappa shape index (κ1) is 11.5. The number of nitrogens with one attached hydrogen (secondary N) is 1. The van der Waals surface area contributed by atoms with Crippen LogP contribution >= 0.6 is 0 Å². The first-order valence-electron chi connectivity index (χ1n) is 5.29. The zero-order valence-corrected chi connectivity index (χ0v) is 8.72. The van der Waals surface area contributed by atoms with E-state index in [4.69, 9.17) is 16.9 Å². The summed E-state index contributed by atoms with van der Waals surface area (Å²) in [7, 11) is 0. The topological polar surface area (TPSA) is 47.3 Å². The van der Waals surface area contributed by atoms with Crippen LogP contribution in [0.15, 0.2) is 0 Å². The molecule has 0 aromatic rings.